The minimum Gasteiger partial charge on any atom is -0.481 e. The predicted molar refractivity (Wildman–Crippen MR) is 46.8 cm³/mol. The van der Waals surface area contributed by atoms with Gasteiger partial charge < -0.3 is 25.2 Å². The van der Waals surface area contributed by atoms with Crippen LogP contribution < -0.4 is 0 Å². The summed E-state index contributed by atoms with van der Waals surface area (Å²) >= 11 is 0. The zero-order chi connectivity index (χ0) is 11.1. The van der Waals surface area contributed by atoms with E-state index in [0.717, 1.165) is 6.92 Å². The minimum absolute atomic E-state index is 0.238. The summed E-state index contributed by atoms with van der Waals surface area (Å²) in [5.74, 6) is -0.833. The van der Waals surface area contributed by atoms with Gasteiger partial charge in [-0.2, -0.15) is 0 Å². The highest BCUT2D eigenvalue weighted by atomic mass is 16.5. The van der Waals surface area contributed by atoms with Crippen LogP contribution in [-0.4, -0.2) is 57.9 Å². The molecule has 4 N–H and O–H groups in total. The first-order valence-corrected chi connectivity index (χ1v) is 4.27. The van der Waals surface area contributed by atoms with Crippen LogP contribution in [0.15, 0.2) is 0 Å². The van der Waals surface area contributed by atoms with E-state index in [1.54, 1.807) is 0 Å². The van der Waals surface area contributed by atoms with Crippen molar-refractivity contribution in [2.45, 2.75) is 31.7 Å². The molecule has 14 heavy (non-hydrogen) atoms. The monoisotopic (exact) mass is 208 g/mol. The van der Waals surface area contributed by atoms with E-state index in [9.17, 15) is 0 Å². The molecule has 0 amide bonds. The molecule has 3 atom stereocenters. The van der Waals surface area contributed by atoms with E-state index < -0.39 is 24.3 Å². The second kappa shape index (κ2) is 6.72. The molecule has 1 aliphatic heterocycles. The van der Waals surface area contributed by atoms with Gasteiger partial charge in [-0.05, 0) is 6.42 Å². The van der Waals surface area contributed by atoms with E-state index in [-0.39, 0.29) is 6.61 Å². The van der Waals surface area contributed by atoms with Crippen LogP contribution in [0.25, 0.3) is 0 Å². The largest absolute Gasteiger partial charge is 0.481 e. The van der Waals surface area contributed by atoms with Gasteiger partial charge in [0.15, 0.2) is 0 Å². The Morgan fingerprint density at radius 1 is 1.50 bits per heavy atom. The molecule has 0 radical (unpaired) electrons. The fourth-order valence-corrected chi connectivity index (χ4v) is 1.02. The van der Waals surface area contributed by atoms with E-state index in [1.165, 1.54) is 0 Å². The van der Waals surface area contributed by atoms with Gasteiger partial charge in [0.25, 0.3) is 5.97 Å². The van der Waals surface area contributed by atoms with Crippen LogP contribution in [0.3, 0.4) is 0 Å². The number of aliphatic carboxylic acids is 1. The van der Waals surface area contributed by atoms with Crippen LogP contribution in [0.5, 0.6) is 0 Å². The van der Waals surface area contributed by atoms with Crippen molar-refractivity contribution in [1.29, 1.82) is 0 Å². The van der Waals surface area contributed by atoms with Crippen LogP contribution >= 0.6 is 0 Å². The van der Waals surface area contributed by atoms with Gasteiger partial charge in [-0.15, -0.1) is 0 Å². The number of carbonyl (C=O) groups is 1. The summed E-state index contributed by atoms with van der Waals surface area (Å²) in [6, 6.07) is 0. The second-order valence-electron chi connectivity index (χ2n) is 2.96. The summed E-state index contributed by atoms with van der Waals surface area (Å²) in [6.45, 7) is 1.25. The molecule has 1 fully saturated rings. The van der Waals surface area contributed by atoms with E-state index in [1.807, 2.05) is 0 Å². The van der Waals surface area contributed by atoms with Crippen LogP contribution in [-0.2, 0) is 9.53 Å². The average Bonchev–Trinajstić information content (AvgIpc) is 2.09. The first-order chi connectivity index (χ1) is 6.49. The van der Waals surface area contributed by atoms with Crippen LogP contribution in [0, 0.1) is 0 Å². The SMILES string of the molecule is CC(=O)O.OCC1OCCC(O)C1O. The van der Waals surface area contributed by atoms with Gasteiger partial charge in [0.1, 0.15) is 12.2 Å². The number of ether oxygens (including phenoxy) is 1. The summed E-state index contributed by atoms with van der Waals surface area (Å²) in [7, 11) is 0. The normalized spacial score (nSPS) is 31.6. The molecule has 1 rings (SSSR count). The Bertz CT molecular complexity index is 167. The second-order valence-corrected chi connectivity index (χ2v) is 2.96. The lowest BCUT2D eigenvalue weighted by atomic mass is 10.0. The van der Waals surface area contributed by atoms with E-state index in [4.69, 9.17) is 30.0 Å². The molecule has 1 heterocycles. The highest BCUT2D eigenvalue weighted by molar-refractivity contribution is 5.62. The Morgan fingerprint density at radius 3 is 2.36 bits per heavy atom. The zero-order valence-electron chi connectivity index (χ0n) is 7.96. The van der Waals surface area contributed by atoms with Crippen molar-refractivity contribution in [3.05, 3.63) is 0 Å². The maximum Gasteiger partial charge on any atom is 0.300 e. The van der Waals surface area contributed by atoms with Crippen molar-refractivity contribution >= 4 is 5.97 Å². The number of aliphatic hydroxyl groups is 3. The molecule has 0 aromatic rings. The highest BCUT2D eigenvalue weighted by Gasteiger charge is 2.30. The van der Waals surface area contributed by atoms with Gasteiger partial charge in [-0.1, -0.05) is 0 Å². The molecule has 0 bridgehead atoms. The topological polar surface area (TPSA) is 107 Å². The molecule has 0 aromatic heterocycles. The van der Waals surface area contributed by atoms with Crippen molar-refractivity contribution < 1.29 is 30.0 Å². The zero-order valence-corrected chi connectivity index (χ0v) is 7.96. The van der Waals surface area contributed by atoms with E-state index in [2.05, 4.69) is 0 Å². The number of carboxylic acid groups (broad SMARTS) is 1. The Morgan fingerprint density at radius 2 is 2.00 bits per heavy atom. The number of aliphatic hydroxyl groups excluding tert-OH is 3. The molecule has 84 valence electrons. The molecule has 1 saturated heterocycles. The van der Waals surface area contributed by atoms with Crippen LogP contribution in [0.2, 0.25) is 0 Å². The lowest BCUT2D eigenvalue weighted by Gasteiger charge is -2.30. The van der Waals surface area contributed by atoms with E-state index >= 15 is 0 Å². The number of hydrogen-bond acceptors (Lipinski definition) is 5. The number of rotatable bonds is 1. The van der Waals surface area contributed by atoms with Crippen LogP contribution in [0.1, 0.15) is 13.3 Å². The van der Waals surface area contributed by atoms with Gasteiger partial charge in [0.2, 0.25) is 0 Å². The fourth-order valence-electron chi connectivity index (χ4n) is 1.02. The van der Waals surface area contributed by atoms with Crippen molar-refractivity contribution in [2.24, 2.45) is 0 Å². The summed E-state index contributed by atoms with van der Waals surface area (Å²) in [5, 5.41) is 34.1. The van der Waals surface area contributed by atoms with Crippen LogP contribution in [0.4, 0.5) is 0 Å². The van der Waals surface area contributed by atoms with Crippen molar-refractivity contribution in [2.75, 3.05) is 13.2 Å². The molecule has 0 saturated carbocycles. The molecule has 0 aliphatic carbocycles. The number of hydrogen-bond donors (Lipinski definition) is 4. The quantitative estimate of drug-likeness (QED) is 0.421. The molecular weight excluding hydrogens is 192 g/mol. The fraction of sp³-hybridized carbons (Fsp3) is 0.875. The molecule has 0 spiro atoms. The van der Waals surface area contributed by atoms with Crippen molar-refractivity contribution in [3.63, 3.8) is 0 Å². The lowest BCUT2D eigenvalue weighted by Crippen LogP contribution is -2.46. The third-order valence-corrected chi connectivity index (χ3v) is 1.70. The Hall–Kier alpha value is -0.690. The van der Waals surface area contributed by atoms with Gasteiger partial charge in [-0.3, -0.25) is 4.79 Å². The minimum atomic E-state index is -0.932. The standard InChI is InChI=1S/C6H12O4.C2H4O2/c7-3-5-6(9)4(8)1-2-10-5;1-2(3)4/h4-9H,1-3H2;1H3,(H,3,4). The lowest BCUT2D eigenvalue weighted by molar-refractivity contribution is -0.147. The summed E-state index contributed by atoms with van der Waals surface area (Å²) < 4.78 is 4.95. The van der Waals surface area contributed by atoms with Gasteiger partial charge in [0.05, 0.1) is 12.7 Å². The first-order valence-electron chi connectivity index (χ1n) is 4.27. The van der Waals surface area contributed by atoms with E-state index in [0.29, 0.717) is 13.0 Å². The highest BCUT2D eigenvalue weighted by Crippen LogP contribution is 2.13. The Balaban J connectivity index is 0.000000364. The smallest absolute Gasteiger partial charge is 0.300 e. The maximum absolute atomic E-state index is 9.10. The third-order valence-electron chi connectivity index (χ3n) is 1.70. The number of carboxylic acids is 1. The van der Waals surface area contributed by atoms with Crippen molar-refractivity contribution in [1.82, 2.24) is 0 Å². The van der Waals surface area contributed by atoms with Gasteiger partial charge in [-0.25, -0.2) is 0 Å². The molecular formula is C8H16O6. The van der Waals surface area contributed by atoms with Gasteiger partial charge >= 0.3 is 0 Å². The third kappa shape index (κ3) is 5.13. The first kappa shape index (κ1) is 13.3. The summed E-state index contributed by atoms with van der Waals surface area (Å²) in [6.07, 6.45) is -1.84. The summed E-state index contributed by atoms with van der Waals surface area (Å²) in [4.78, 5) is 9.00. The van der Waals surface area contributed by atoms with Crippen molar-refractivity contribution in [3.8, 4) is 0 Å². The predicted octanol–water partition coefficient (Wildman–Crippen LogP) is -1.42. The Labute approximate surface area is 81.7 Å². The average molecular weight is 208 g/mol. The van der Waals surface area contributed by atoms with Gasteiger partial charge in [0, 0.05) is 13.5 Å². The summed E-state index contributed by atoms with van der Waals surface area (Å²) in [5.41, 5.74) is 0. The molecule has 6 heteroatoms. The molecule has 1 aliphatic rings. The molecule has 3 unspecified atom stereocenters. The molecule has 6 nitrogen and oxygen atoms in total. The maximum atomic E-state index is 9.10. The molecule has 0 aromatic carbocycles. The Kier molecular flexibility index (Phi) is 6.39.